The summed E-state index contributed by atoms with van der Waals surface area (Å²) in [7, 11) is 1.53. The molecule has 0 fully saturated rings. The number of hydrogen-bond donors (Lipinski definition) is 0. The van der Waals surface area contributed by atoms with E-state index in [1.165, 1.54) is 7.11 Å². The molecular formula is C16H15ClO2. The number of carbonyl (C=O) groups is 1. The average Bonchev–Trinajstić information content (AvgIpc) is 2.36. The molecule has 0 N–H and O–H groups in total. The van der Waals surface area contributed by atoms with Gasteiger partial charge in [0.2, 0.25) is 0 Å². The van der Waals surface area contributed by atoms with Crippen LogP contribution in [0.3, 0.4) is 0 Å². The summed E-state index contributed by atoms with van der Waals surface area (Å²) < 4.78 is 5.22. The molecule has 0 aromatic heterocycles. The van der Waals surface area contributed by atoms with Crippen LogP contribution in [-0.4, -0.2) is 12.9 Å². The Labute approximate surface area is 118 Å². The van der Waals surface area contributed by atoms with Crippen LogP contribution in [0.4, 0.5) is 0 Å². The maximum atomic E-state index is 12.5. The van der Waals surface area contributed by atoms with Crippen LogP contribution >= 0.6 is 11.6 Å². The summed E-state index contributed by atoms with van der Waals surface area (Å²) in [6, 6.07) is 10.8. The van der Waals surface area contributed by atoms with Crippen molar-refractivity contribution in [2.45, 2.75) is 13.8 Å². The maximum Gasteiger partial charge on any atom is 0.196 e. The molecule has 0 bridgehead atoms. The van der Waals surface area contributed by atoms with Gasteiger partial charge in [0.05, 0.1) is 12.7 Å². The van der Waals surface area contributed by atoms with Gasteiger partial charge in [-0.2, -0.15) is 0 Å². The van der Waals surface area contributed by atoms with Crippen LogP contribution in [0.2, 0.25) is 5.02 Å². The van der Waals surface area contributed by atoms with Crippen molar-refractivity contribution in [3.63, 3.8) is 0 Å². The zero-order chi connectivity index (χ0) is 14.0. The van der Waals surface area contributed by atoms with Gasteiger partial charge in [-0.15, -0.1) is 0 Å². The van der Waals surface area contributed by atoms with Crippen molar-refractivity contribution in [2.24, 2.45) is 0 Å². The number of methoxy groups -OCH3 is 1. The largest absolute Gasteiger partial charge is 0.496 e. The molecule has 0 radical (unpaired) electrons. The van der Waals surface area contributed by atoms with E-state index < -0.39 is 0 Å². The van der Waals surface area contributed by atoms with Crippen LogP contribution in [0.1, 0.15) is 27.0 Å². The summed E-state index contributed by atoms with van der Waals surface area (Å²) in [5, 5.41) is 0.550. The van der Waals surface area contributed by atoms with Crippen molar-refractivity contribution in [1.29, 1.82) is 0 Å². The van der Waals surface area contributed by atoms with Gasteiger partial charge in [0.1, 0.15) is 5.75 Å². The standard InChI is InChI=1S/C16H15ClO2/c1-10-6-11(2)8-12(7-10)16(18)14-5-4-13(17)9-15(14)19-3/h4-9H,1-3H3. The second kappa shape index (κ2) is 5.45. The second-order valence-electron chi connectivity index (χ2n) is 4.55. The van der Waals surface area contributed by atoms with Gasteiger partial charge in [0.25, 0.3) is 0 Å². The third kappa shape index (κ3) is 2.96. The quantitative estimate of drug-likeness (QED) is 0.784. The molecule has 0 unspecified atom stereocenters. The zero-order valence-electron chi connectivity index (χ0n) is 11.2. The van der Waals surface area contributed by atoms with Crippen LogP contribution in [0.25, 0.3) is 0 Å². The van der Waals surface area contributed by atoms with E-state index in [-0.39, 0.29) is 5.78 Å². The first kappa shape index (κ1) is 13.6. The molecular weight excluding hydrogens is 260 g/mol. The topological polar surface area (TPSA) is 26.3 Å². The summed E-state index contributed by atoms with van der Waals surface area (Å²) in [5.41, 5.74) is 3.32. The summed E-state index contributed by atoms with van der Waals surface area (Å²) >= 11 is 5.91. The molecule has 0 spiro atoms. The number of carbonyl (C=O) groups excluding carboxylic acids is 1. The Morgan fingerprint density at radius 2 is 1.68 bits per heavy atom. The Morgan fingerprint density at radius 1 is 1.05 bits per heavy atom. The minimum atomic E-state index is -0.0553. The number of halogens is 1. The molecule has 0 heterocycles. The van der Waals surface area contributed by atoms with Crippen LogP contribution < -0.4 is 4.74 Å². The van der Waals surface area contributed by atoms with E-state index in [0.717, 1.165) is 11.1 Å². The fourth-order valence-electron chi connectivity index (χ4n) is 2.11. The maximum absolute atomic E-state index is 12.5. The van der Waals surface area contributed by atoms with Gasteiger partial charge in [0.15, 0.2) is 5.78 Å². The first-order valence-electron chi connectivity index (χ1n) is 5.98. The molecule has 2 aromatic carbocycles. The minimum absolute atomic E-state index is 0.0553. The average molecular weight is 275 g/mol. The Morgan fingerprint density at radius 3 is 2.26 bits per heavy atom. The van der Waals surface area contributed by atoms with Crippen molar-refractivity contribution >= 4 is 17.4 Å². The second-order valence-corrected chi connectivity index (χ2v) is 4.99. The summed E-state index contributed by atoms with van der Waals surface area (Å²) in [6.07, 6.45) is 0. The van der Waals surface area contributed by atoms with E-state index in [2.05, 4.69) is 0 Å². The lowest BCUT2D eigenvalue weighted by atomic mass is 9.99. The zero-order valence-corrected chi connectivity index (χ0v) is 11.9. The van der Waals surface area contributed by atoms with Gasteiger partial charge in [-0.1, -0.05) is 28.8 Å². The predicted octanol–water partition coefficient (Wildman–Crippen LogP) is 4.20. The lowest BCUT2D eigenvalue weighted by molar-refractivity contribution is 0.103. The summed E-state index contributed by atoms with van der Waals surface area (Å²) in [5.74, 6) is 0.442. The lowest BCUT2D eigenvalue weighted by Gasteiger charge is -2.09. The van der Waals surface area contributed by atoms with Gasteiger partial charge >= 0.3 is 0 Å². The summed E-state index contributed by atoms with van der Waals surface area (Å²) in [4.78, 5) is 12.5. The molecule has 19 heavy (non-hydrogen) atoms. The molecule has 0 atom stereocenters. The lowest BCUT2D eigenvalue weighted by Crippen LogP contribution is -2.04. The van der Waals surface area contributed by atoms with Gasteiger partial charge < -0.3 is 4.74 Å². The third-order valence-electron chi connectivity index (χ3n) is 2.89. The smallest absolute Gasteiger partial charge is 0.196 e. The van der Waals surface area contributed by atoms with Crippen LogP contribution in [0.15, 0.2) is 36.4 Å². The number of ketones is 1. The van der Waals surface area contributed by atoms with E-state index in [1.54, 1.807) is 18.2 Å². The third-order valence-corrected chi connectivity index (χ3v) is 3.13. The normalized spacial score (nSPS) is 10.3. The molecule has 0 aliphatic heterocycles. The molecule has 0 amide bonds. The van der Waals surface area contributed by atoms with Crippen molar-refractivity contribution in [3.05, 3.63) is 63.7 Å². The van der Waals surface area contributed by atoms with Crippen molar-refractivity contribution in [3.8, 4) is 5.75 Å². The number of ether oxygens (including phenoxy) is 1. The molecule has 2 nitrogen and oxygen atoms in total. The molecule has 3 heteroatoms. The van der Waals surface area contributed by atoms with Crippen LogP contribution in [0.5, 0.6) is 5.75 Å². The molecule has 0 aliphatic rings. The number of hydrogen-bond acceptors (Lipinski definition) is 2. The van der Waals surface area contributed by atoms with Crippen LogP contribution in [0, 0.1) is 13.8 Å². The van der Waals surface area contributed by atoms with E-state index in [1.807, 2.05) is 32.0 Å². The first-order chi connectivity index (χ1) is 9.01. The molecule has 0 aliphatic carbocycles. The predicted molar refractivity (Wildman–Crippen MR) is 77.4 cm³/mol. The molecule has 2 rings (SSSR count). The van der Waals surface area contributed by atoms with Gasteiger partial charge in [-0.3, -0.25) is 4.79 Å². The van der Waals surface area contributed by atoms with Gasteiger partial charge in [0, 0.05) is 10.6 Å². The SMILES string of the molecule is COc1cc(Cl)ccc1C(=O)c1cc(C)cc(C)c1. The monoisotopic (exact) mass is 274 g/mol. The van der Waals surface area contributed by atoms with Crippen LogP contribution in [-0.2, 0) is 0 Å². The van der Waals surface area contributed by atoms with Crippen molar-refractivity contribution in [1.82, 2.24) is 0 Å². The van der Waals surface area contributed by atoms with Crippen molar-refractivity contribution in [2.75, 3.05) is 7.11 Å². The number of rotatable bonds is 3. The highest BCUT2D eigenvalue weighted by Gasteiger charge is 2.15. The van der Waals surface area contributed by atoms with Gasteiger partial charge in [-0.05, 0) is 44.2 Å². The van der Waals surface area contributed by atoms with E-state index >= 15 is 0 Å². The molecule has 98 valence electrons. The van der Waals surface area contributed by atoms with E-state index in [4.69, 9.17) is 16.3 Å². The van der Waals surface area contributed by atoms with Gasteiger partial charge in [-0.25, -0.2) is 0 Å². The Bertz CT molecular complexity index is 612. The summed E-state index contributed by atoms with van der Waals surface area (Å²) in [6.45, 7) is 3.95. The molecule has 0 saturated carbocycles. The number of aryl methyl sites for hydroxylation is 2. The minimum Gasteiger partial charge on any atom is -0.496 e. The van der Waals surface area contributed by atoms with E-state index in [9.17, 15) is 4.79 Å². The Hall–Kier alpha value is -1.80. The fourth-order valence-corrected chi connectivity index (χ4v) is 2.28. The first-order valence-corrected chi connectivity index (χ1v) is 6.35. The highest BCUT2D eigenvalue weighted by molar-refractivity contribution is 6.31. The fraction of sp³-hybridized carbons (Fsp3) is 0.188. The highest BCUT2D eigenvalue weighted by atomic mass is 35.5. The Balaban J connectivity index is 2.49. The molecule has 2 aromatic rings. The number of benzene rings is 2. The molecule has 0 saturated heterocycles. The van der Waals surface area contributed by atoms with E-state index in [0.29, 0.717) is 21.9 Å². The van der Waals surface area contributed by atoms with Crippen molar-refractivity contribution < 1.29 is 9.53 Å². The Kier molecular flexibility index (Phi) is 3.91. The highest BCUT2D eigenvalue weighted by Crippen LogP contribution is 2.26.